The van der Waals surface area contributed by atoms with Gasteiger partial charge in [-0.15, -0.1) is 4.91 Å². The molecule has 0 fully saturated rings. The van der Waals surface area contributed by atoms with E-state index in [1.165, 1.54) is 0 Å². The van der Waals surface area contributed by atoms with E-state index < -0.39 is 0 Å². The van der Waals surface area contributed by atoms with Crippen LogP contribution in [0, 0.1) is 4.91 Å². The van der Waals surface area contributed by atoms with Gasteiger partial charge in [0.1, 0.15) is 5.70 Å². The van der Waals surface area contributed by atoms with Crippen LogP contribution in [0.5, 0.6) is 0 Å². The Morgan fingerprint density at radius 3 is 2.45 bits per heavy atom. The first-order valence-corrected chi connectivity index (χ1v) is 3.04. The highest BCUT2D eigenvalue weighted by molar-refractivity contribution is 5.90. The molecule has 3 nitrogen and oxygen atoms in total. The predicted octanol–water partition coefficient (Wildman–Crippen LogP) is 2.03. The summed E-state index contributed by atoms with van der Waals surface area (Å²) in [4.78, 5) is 10.0. The molecule has 0 heterocycles. The minimum Gasteiger partial charge on any atom is -0.761 e. The Morgan fingerprint density at radius 1 is 1.36 bits per heavy atom. The van der Waals surface area contributed by atoms with E-state index in [9.17, 15) is 4.91 Å². The van der Waals surface area contributed by atoms with Gasteiger partial charge < -0.3 is 5.41 Å². The Kier molecular flexibility index (Phi) is 2.31. The molecule has 0 radical (unpaired) electrons. The van der Waals surface area contributed by atoms with Gasteiger partial charge in [0.2, 0.25) is 0 Å². The molecule has 0 bridgehead atoms. The monoisotopic (exact) mass is 145 g/mol. The zero-order valence-corrected chi connectivity index (χ0v) is 5.69. The molecule has 0 aliphatic carbocycles. The summed E-state index contributed by atoms with van der Waals surface area (Å²) in [6.45, 7) is 0. The molecular weight excluding hydrogens is 140 g/mol. The van der Waals surface area contributed by atoms with E-state index in [-0.39, 0.29) is 5.70 Å². The highest BCUT2D eigenvalue weighted by Gasteiger charge is 1.94. The fraction of sp³-hybridized carbons (Fsp3) is 0. The van der Waals surface area contributed by atoms with Crippen LogP contribution in [0.15, 0.2) is 35.5 Å². The number of nitrogens with zero attached hydrogens (tertiary/aromatic N) is 2. The first-order valence-electron chi connectivity index (χ1n) is 3.04. The van der Waals surface area contributed by atoms with Crippen LogP contribution in [0.2, 0.25) is 0 Å². The average Bonchev–Trinajstić information content (AvgIpc) is 2.09. The van der Waals surface area contributed by atoms with Crippen molar-refractivity contribution >= 4 is 11.6 Å². The van der Waals surface area contributed by atoms with Crippen LogP contribution >= 0.6 is 0 Å². The molecule has 0 unspecified atom stereocenters. The molecule has 1 aromatic rings. The van der Waals surface area contributed by atoms with Crippen LogP contribution in [0.1, 0.15) is 5.56 Å². The van der Waals surface area contributed by atoms with Gasteiger partial charge in [0.05, 0.1) is 0 Å². The number of nitroso groups, excluding NO2 is 1. The number of rotatable bonds is 2. The lowest BCUT2D eigenvalue weighted by molar-refractivity contribution is 1.51. The van der Waals surface area contributed by atoms with Crippen molar-refractivity contribution in [2.75, 3.05) is 0 Å². The van der Waals surface area contributed by atoms with E-state index in [4.69, 9.17) is 5.41 Å². The third-order valence-electron chi connectivity index (χ3n) is 1.24. The summed E-state index contributed by atoms with van der Waals surface area (Å²) in [6, 6.07) is 8.64. The van der Waals surface area contributed by atoms with Crippen molar-refractivity contribution in [1.29, 1.82) is 0 Å². The van der Waals surface area contributed by atoms with Crippen LogP contribution in [0.25, 0.3) is 11.1 Å². The van der Waals surface area contributed by atoms with Crippen LogP contribution < -0.4 is 0 Å². The van der Waals surface area contributed by atoms with Crippen molar-refractivity contribution < 1.29 is 0 Å². The second-order valence-corrected chi connectivity index (χ2v) is 1.92. The third kappa shape index (κ3) is 1.60. The molecule has 0 amide bonds. The second kappa shape index (κ2) is 3.44. The van der Waals surface area contributed by atoms with Crippen molar-refractivity contribution in [3.8, 4) is 0 Å². The summed E-state index contributed by atoms with van der Waals surface area (Å²) in [6.07, 6.45) is 0. The minimum absolute atomic E-state index is 0.0781. The zero-order chi connectivity index (χ0) is 8.10. The smallest absolute Gasteiger partial charge is 0.134 e. The van der Waals surface area contributed by atoms with Crippen LogP contribution in [-0.2, 0) is 0 Å². The summed E-state index contributed by atoms with van der Waals surface area (Å²) >= 11 is 0. The van der Waals surface area contributed by atoms with Crippen LogP contribution in [0.4, 0.5) is 0 Å². The maximum absolute atomic E-state index is 10.0. The molecule has 54 valence electrons. The molecule has 0 atom stereocenters. The number of benzene rings is 1. The van der Waals surface area contributed by atoms with Crippen molar-refractivity contribution in [3.63, 3.8) is 0 Å². The SMILES string of the molecule is [N-]=C=C(N=O)c1ccccc1. The van der Waals surface area contributed by atoms with E-state index in [1.807, 2.05) is 6.07 Å². The highest BCUT2D eigenvalue weighted by atomic mass is 16.3. The quantitative estimate of drug-likeness (QED) is 0.464. The highest BCUT2D eigenvalue weighted by Crippen LogP contribution is 2.10. The van der Waals surface area contributed by atoms with E-state index in [1.54, 1.807) is 30.1 Å². The van der Waals surface area contributed by atoms with Gasteiger partial charge in [-0.3, -0.25) is 0 Å². The Morgan fingerprint density at radius 2 is 2.00 bits per heavy atom. The van der Waals surface area contributed by atoms with Gasteiger partial charge in [-0.25, -0.2) is 5.87 Å². The molecule has 3 heteroatoms. The second-order valence-electron chi connectivity index (χ2n) is 1.92. The van der Waals surface area contributed by atoms with Crippen molar-refractivity contribution in [2.45, 2.75) is 0 Å². The largest absolute Gasteiger partial charge is 0.761 e. The number of hydrogen-bond donors (Lipinski definition) is 0. The minimum atomic E-state index is -0.0781. The lowest BCUT2D eigenvalue weighted by Crippen LogP contribution is -1.77. The first kappa shape index (κ1) is 7.38. The molecule has 0 saturated carbocycles. The van der Waals surface area contributed by atoms with Gasteiger partial charge in [-0.1, -0.05) is 30.3 Å². The van der Waals surface area contributed by atoms with Crippen LogP contribution in [-0.4, -0.2) is 5.87 Å². The Hall–Kier alpha value is -1.73. The van der Waals surface area contributed by atoms with E-state index in [0.29, 0.717) is 5.56 Å². The molecule has 11 heavy (non-hydrogen) atoms. The fourth-order valence-corrected chi connectivity index (χ4v) is 0.734. The first-order chi connectivity index (χ1) is 5.38. The van der Waals surface area contributed by atoms with Gasteiger partial charge in [0.25, 0.3) is 0 Å². The van der Waals surface area contributed by atoms with Crippen molar-refractivity contribution in [1.82, 2.24) is 0 Å². The third-order valence-corrected chi connectivity index (χ3v) is 1.24. The van der Waals surface area contributed by atoms with Gasteiger partial charge in [-0.05, 0) is 5.18 Å². The standard InChI is InChI=1S/C8H5N2O/c9-6-8(10-11)7-4-2-1-3-5-7/h1-5H/q-1. The molecule has 0 aliphatic heterocycles. The predicted molar refractivity (Wildman–Crippen MR) is 44.0 cm³/mol. The van der Waals surface area contributed by atoms with Gasteiger partial charge in [-0.2, -0.15) is 0 Å². The summed E-state index contributed by atoms with van der Waals surface area (Å²) in [5.41, 5.74) is 0.482. The molecule has 0 aliphatic rings. The molecule has 1 aromatic carbocycles. The Bertz CT molecular complexity index is 299. The molecule has 0 aromatic heterocycles. The molecule has 0 spiro atoms. The Balaban J connectivity index is 3.11. The maximum atomic E-state index is 10.0. The van der Waals surface area contributed by atoms with E-state index in [2.05, 4.69) is 5.18 Å². The maximum Gasteiger partial charge on any atom is 0.134 e. The normalized spacial score (nSPS) is 8.36. The summed E-state index contributed by atoms with van der Waals surface area (Å²) in [5.74, 6) is 1.71. The lowest BCUT2D eigenvalue weighted by Gasteiger charge is -1.94. The molecule has 1 rings (SSSR count). The molecule has 0 saturated heterocycles. The summed E-state index contributed by atoms with van der Waals surface area (Å²) in [7, 11) is 0. The summed E-state index contributed by atoms with van der Waals surface area (Å²) < 4.78 is 0. The van der Waals surface area contributed by atoms with Crippen molar-refractivity contribution in [3.05, 3.63) is 46.2 Å². The van der Waals surface area contributed by atoms with Crippen LogP contribution in [0.3, 0.4) is 0 Å². The lowest BCUT2D eigenvalue weighted by atomic mass is 10.2. The van der Waals surface area contributed by atoms with Gasteiger partial charge >= 0.3 is 0 Å². The van der Waals surface area contributed by atoms with E-state index in [0.717, 1.165) is 0 Å². The average molecular weight is 145 g/mol. The fourth-order valence-electron chi connectivity index (χ4n) is 0.734. The zero-order valence-electron chi connectivity index (χ0n) is 5.69. The molecule has 0 N–H and O–H groups in total. The van der Waals surface area contributed by atoms with Crippen molar-refractivity contribution in [2.24, 2.45) is 5.18 Å². The van der Waals surface area contributed by atoms with Gasteiger partial charge in [0.15, 0.2) is 0 Å². The molecular formula is C8H5N2O-. The summed E-state index contributed by atoms with van der Waals surface area (Å²) in [5, 5.41) is 11.0. The topological polar surface area (TPSA) is 51.7 Å². The number of hydrogen-bond acceptors (Lipinski definition) is 2. The Labute approximate surface area is 63.9 Å². The van der Waals surface area contributed by atoms with Gasteiger partial charge in [0, 0.05) is 5.56 Å². The van der Waals surface area contributed by atoms with E-state index >= 15 is 0 Å².